The second kappa shape index (κ2) is 8.84. The summed E-state index contributed by atoms with van der Waals surface area (Å²) in [6, 6.07) is 10.6. The van der Waals surface area contributed by atoms with Crippen LogP contribution >= 0.6 is 0 Å². The van der Waals surface area contributed by atoms with Crippen molar-refractivity contribution in [2.24, 2.45) is 5.92 Å². The number of likely N-dealkylation sites (tertiary alicyclic amines) is 1. The summed E-state index contributed by atoms with van der Waals surface area (Å²) in [7, 11) is 0. The van der Waals surface area contributed by atoms with Gasteiger partial charge in [-0.2, -0.15) is 0 Å². The van der Waals surface area contributed by atoms with Crippen LogP contribution in [0.2, 0.25) is 0 Å². The first kappa shape index (κ1) is 22.8. The molecule has 0 aliphatic carbocycles. The highest BCUT2D eigenvalue weighted by molar-refractivity contribution is 6.34. The maximum absolute atomic E-state index is 14.7. The van der Waals surface area contributed by atoms with Crippen LogP contribution in [0.1, 0.15) is 54.3 Å². The molecule has 2 aliphatic heterocycles. The van der Waals surface area contributed by atoms with Crippen LogP contribution in [-0.2, 0) is 4.74 Å². The van der Waals surface area contributed by atoms with Crippen molar-refractivity contribution in [1.29, 1.82) is 0 Å². The molecule has 0 atom stereocenters. The normalized spacial score (nSPS) is 16.7. The summed E-state index contributed by atoms with van der Waals surface area (Å²) in [6.45, 7) is 6.93. The molecule has 0 unspecified atom stereocenters. The lowest BCUT2D eigenvalue weighted by molar-refractivity contribution is 0.0164. The van der Waals surface area contributed by atoms with Crippen molar-refractivity contribution in [3.8, 4) is 5.75 Å². The van der Waals surface area contributed by atoms with Gasteiger partial charge in [0.2, 0.25) is 0 Å². The topological polar surface area (TPSA) is 76.2 Å². The van der Waals surface area contributed by atoms with Crippen molar-refractivity contribution in [2.75, 3.05) is 24.6 Å². The zero-order chi connectivity index (χ0) is 23.8. The number of hydrogen-bond donors (Lipinski definition) is 0. The first-order chi connectivity index (χ1) is 15.6. The zero-order valence-corrected chi connectivity index (χ0v) is 19.0. The Morgan fingerprint density at radius 3 is 2.18 bits per heavy atom. The molecular weight excluding hydrogens is 427 g/mol. The SMILES string of the molecule is CC(C)(C)OC(=O)N1CCC(COc2ccc(N3C(=O)c4ccccc4C3=O)cc2F)CC1. The summed E-state index contributed by atoms with van der Waals surface area (Å²) in [4.78, 5) is 40.0. The minimum atomic E-state index is -0.643. The number of nitrogens with zero attached hydrogens (tertiary/aromatic N) is 2. The van der Waals surface area contributed by atoms with E-state index in [1.54, 1.807) is 29.2 Å². The highest BCUT2D eigenvalue weighted by Crippen LogP contribution is 2.31. The fourth-order valence-electron chi connectivity index (χ4n) is 3.99. The quantitative estimate of drug-likeness (QED) is 0.629. The average Bonchev–Trinajstić information content (AvgIpc) is 3.02. The molecule has 2 aliphatic rings. The van der Waals surface area contributed by atoms with Gasteiger partial charge in [-0.05, 0) is 63.8 Å². The Kier molecular flexibility index (Phi) is 6.10. The number of anilines is 1. The predicted molar refractivity (Wildman–Crippen MR) is 120 cm³/mol. The van der Waals surface area contributed by atoms with Gasteiger partial charge in [0, 0.05) is 19.2 Å². The Morgan fingerprint density at radius 1 is 1.03 bits per heavy atom. The van der Waals surface area contributed by atoms with E-state index in [-0.39, 0.29) is 23.4 Å². The van der Waals surface area contributed by atoms with E-state index < -0.39 is 23.2 Å². The maximum atomic E-state index is 14.7. The van der Waals surface area contributed by atoms with E-state index >= 15 is 0 Å². The first-order valence-electron chi connectivity index (χ1n) is 11.0. The Bertz CT molecular complexity index is 1050. The fourth-order valence-corrected chi connectivity index (χ4v) is 3.99. The van der Waals surface area contributed by atoms with Crippen LogP contribution in [0.3, 0.4) is 0 Å². The molecule has 8 heteroatoms. The van der Waals surface area contributed by atoms with Gasteiger partial charge in [-0.25, -0.2) is 14.1 Å². The molecule has 0 aromatic heterocycles. The van der Waals surface area contributed by atoms with Gasteiger partial charge in [0.1, 0.15) is 5.60 Å². The summed E-state index contributed by atoms with van der Waals surface area (Å²) in [5.41, 5.74) is 0.243. The monoisotopic (exact) mass is 454 g/mol. The molecule has 0 saturated carbocycles. The summed E-state index contributed by atoms with van der Waals surface area (Å²) in [5.74, 6) is -1.35. The molecule has 2 heterocycles. The summed E-state index contributed by atoms with van der Waals surface area (Å²) >= 11 is 0. The number of rotatable bonds is 4. The Labute approximate surface area is 192 Å². The summed E-state index contributed by atoms with van der Waals surface area (Å²) < 4.78 is 25.8. The fraction of sp³-hybridized carbons (Fsp3) is 0.400. The van der Waals surface area contributed by atoms with Crippen LogP contribution in [0.5, 0.6) is 5.75 Å². The van der Waals surface area contributed by atoms with E-state index in [2.05, 4.69) is 0 Å². The van der Waals surface area contributed by atoms with E-state index in [1.807, 2.05) is 20.8 Å². The lowest BCUT2D eigenvalue weighted by Crippen LogP contribution is -2.42. The average molecular weight is 454 g/mol. The van der Waals surface area contributed by atoms with Crippen molar-refractivity contribution in [2.45, 2.75) is 39.2 Å². The van der Waals surface area contributed by atoms with E-state index in [9.17, 15) is 18.8 Å². The van der Waals surface area contributed by atoms with Gasteiger partial charge in [-0.1, -0.05) is 12.1 Å². The molecule has 0 bridgehead atoms. The van der Waals surface area contributed by atoms with E-state index in [4.69, 9.17) is 9.47 Å². The standard InChI is InChI=1S/C25H27FN2O5/c1-25(2,3)33-24(31)27-12-10-16(11-13-27)15-32-21-9-8-17(14-20(21)26)28-22(29)18-6-4-5-7-19(18)23(28)30/h4-9,14,16H,10-13,15H2,1-3H3. The maximum Gasteiger partial charge on any atom is 0.410 e. The first-order valence-corrected chi connectivity index (χ1v) is 11.0. The van der Waals surface area contributed by atoms with Crippen molar-refractivity contribution in [3.05, 3.63) is 59.4 Å². The van der Waals surface area contributed by atoms with Gasteiger partial charge in [-0.15, -0.1) is 0 Å². The molecular formula is C25H27FN2O5. The van der Waals surface area contributed by atoms with Crippen LogP contribution in [0.4, 0.5) is 14.9 Å². The highest BCUT2D eigenvalue weighted by Gasteiger charge is 2.36. The zero-order valence-electron chi connectivity index (χ0n) is 19.0. The van der Waals surface area contributed by atoms with Crippen LogP contribution < -0.4 is 9.64 Å². The number of halogens is 1. The predicted octanol–water partition coefficient (Wildman–Crippen LogP) is 4.65. The lowest BCUT2D eigenvalue weighted by atomic mass is 9.98. The number of ether oxygens (including phenoxy) is 2. The second-order valence-electron chi connectivity index (χ2n) is 9.33. The van der Waals surface area contributed by atoms with Crippen molar-refractivity contribution in [3.63, 3.8) is 0 Å². The van der Waals surface area contributed by atoms with Gasteiger partial charge < -0.3 is 14.4 Å². The van der Waals surface area contributed by atoms with Crippen molar-refractivity contribution < 1.29 is 28.2 Å². The van der Waals surface area contributed by atoms with Gasteiger partial charge in [-0.3, -0.25) is 9.59 Å². The highest BCUT2D eigenvalue weighted by atomic mass is 19.1. The van der Waals surface area contributed by atoms with E-state index in [0.717, 1.165) is 23.8 Å². The third kappa shape index (κ3) is 4.84. The number of imide groups is 1. The molecule has 0 N–H and O–H groups in total. The molecule has 2 aromatic carbocycles. The Balaban J connectivity index is 1.34. The minimum absolute atomic E-state index is 0.0601. The third-order valence-corrected chi connectivity index (χ3v) is 5.71. The minimum Gasteiger partial charge on any atom is -0.490 e. The molecule has 7 nitrogen and oxygen atoms in total. The van der Waals surface area contributed by atoms with Crippen LogP contribution in [-0.4, -0.2) is 48.1 Å². The smallest absolute Gasteiger partial charge is 0.410 e. The largest absolute Gasteiger partial charge is 0.490 e. The molecule has 3 amide bonds. The lowest BCUT2D eigenvalue weighted by Gasteiger charge is -2.33. The van der Waals surface area contributed by atoms with Crippen molar-refractivity contribution >= 4 is 23.6 Å². The second-order valence-corrected chi connectivity index (χ2v) is 9.33. The van der Waals surface area contributed by atoms with Crippen molar-refractivity contribution in [1.82, 2.24) is 4.90 Å². The van der Waals surface area contributed by atoms with Crippen LogP contribution in [0, 0.1) is 11.7 Å². The molecule has 2 aromatic rings. The molecule has 33 heavy (non-hydrogen) atoms. The number of hydrogen-bond acceptors (Lipinski definition) is 5. The van der Waals surface area contributed by atoms with E-state index in [1.165, 1.54) is 12.1 Å². The van der Waals surface area contributed by atoms with Gasteiger partial charge >= 0.3 is 6.09 Å². The molecule has 1 fully saturated rings. The number of carbonyl (C=O) groups is 3. The third-order valence-electron chi connectivity index (χ3n) is 5.71. The number of amides is 3. The molecule has 0 spiro atoms. The number of fused-ring (bicyclic) bond motifs is 1. The Hall–Kier alpha value is -3.42. The van der Waals surface area contributed by atoms with Crippen LogP contribution in [0.25, 0.3) is 0 Å². The Morgan fingerprint density at radius 2 is 1.64 bits per heavy atom. The number of benzene rings is 2. The number of carbonyl (C=O) groups excluding carboxylic acids is 3. The van der Waals surface area contributed by atoms with Gasteiger partial charge in [0.05, 0.1) is 23.4 Å². The summed E-state index contributed by atoms with van der Waals surface area (Å²) in [6.07, 6.45) is 1.14. The molecule has 174 valence electrons. The summed E-state index contributed by atoms with van der Waals surface area (Å²) in [5, 5.41) is 0. The number of piperidine rings is 1. The van der Waals surface area contributed by atoms with Crippen LogP contribution in [0.15, 0.2) is 42.5 Å². The molecule has 0 radical (unpaired) electrons. The van der Waals surface area contributed by atoms with Gasteiger partial charge in [0.25, 0.3) is 11.8 Å². The van der Waals surface area contributed by atoms with E-state index in [0.29, 0.717) is 30.8 Å². The molecule has 1 saturated heterocycles. The van der Waals surface area contributed by atoms with Gasteiger partial charge in [0.15, 0.2) is 11.6 Å². The molecule has 4 rings (SSSR count).